The Labute approximate surface area is 145 Å². The van der Waals surface area contributed by atoms with Crippen molar-refractivity contribution in [1.29, 1.82) is 0 Å². The second kappa shape index (κ2) is 8.00. The van der Waals surface area contributed by atoms with Gasteiger partial charge in [-0.05, 0) is 25.7 Å². The highest BCUT2D eigenvalue weighted by Gasteiger charge is 2.28. The van der Waals surface area contributed by atoms with E-state index in [1.54, 1.807) is 12.4 Å². The Balaban J connectivity index is 1.42. The molecule has 1 N–H and O–H groups in total. The van der Waals surface area contributed by atoms with E-state index in [0.717, 1.165) is 25.7 Å². The highest BCUT2D eigenvalue weighted by atomic mass is 16.6. The molecule has 0 spiro atoms. The number of amides is 2. The van der Waals surface area contributed by atoms with Crippen molar-refractivity contribution < 1.29 is 23.8 Å². The van der Waals surface area contributed by atoms with Crippen LogP contribution in [0.2, 0.25) is 0 Å². The van der Waals surface area contributed by atoms with Gasteiger partial charge in [0.1, 0.15) is 19.3 Å². The minimum atomic E-state index is -0.426. The quantitative estimate of drug-likeness (QED) is 0.807. The molecule has 1 saturated heterocycles. The molecule has 9 nitrogen and oxygen atoms in total. The monoisotopic (exact) mass is 350 g/mol. The summed E-state index contributed by atoms with van der Waals surface area (Å²) in [5.41, 5.74) is 0. The van der Waals surface area contributed by atoms with Crippen molar-refractivity contribution in [3.05, 3.63) is 12.4 Å². The van der Waals surface area contributed by atoms with Crippen LogP contribution in [-0.2, 0) is 9.53 Å². The Morgan fingerprint density at radius 2 is 2.00 bits per heavy atom. The number of carbonyl (C=O) groups excluding carboxylic acids is 2. The van der Waals surface area contributed by atoms with Crippen LogP contribution in [0.3, 0.4) is 0 Å². The van der Waals surface area contributed by atoms with Crippen LogP contribution < -0.4 is 14.8 Å². The predicted molar refractivity (Wildman–Crippen MR) is 86.3 cm³/mol. The van der Waals surface area contributed by atoms with Gasteiger partial charge in [-0.1, -0.05) is 0 Å². The van der Waals surface area contributed by atoms with Gasteiger partial charge in [0, 0.05) is 18.4 Å². The molecular weight excluding hydrogens is 328 g/mol. The van der Waals surface area contributed by atoms with Gasteiger partial charge >= 0.3 is 6.09 Å². The molecule has 0 bridgehead atoms. The van der Waals surface area contributed by atoms with E-state index in [4.69, 9.17) is 14.2 Å². The number of carbonyl (C=O) groups is 2. The summed E-state index contributed by atoms with van der Waals surface area (Å²) in [6.45, 7) is 0.860. The summed E-state index contributed by atoms with van der Waals surface area (Å²) in [7, 11) is 1.53. The average molecular weight is 350 g/mol. The van der Waals surface area contributed by atoms with Gasteiger partial charge in [-0.2, -0.15) is 0 Å². The standard InChI is InChI=1S/C16H22N4O5/c1-23-14-15(18-7-6-17-14)25-12-4-2-11(3-5-12)19-13(21)10-20-8-9-24-16(20)22/h6-7,11-12H,2-5,8-10H2,1H3,(H,19,21). The lowest BCUT2D eigenvalue weighted by molar-refractivity contribution is -0.122. The number of cyclic esters (lactones) is 1. The maximum absolute atomic E-state index is 12.0. The second-order valence-corrected chi connectivity index (χ2v) is 6.07. The smallest absolute Gasteiger partial charge is 0.410 e. The van der Waals surface area contributed by atoms with Gasteiger partial charge in [-0.15, -0.1) is 0 Å². The molecule has 1 aliphatic carbocycles. The number of aromatic nitrogens is 2. The van der Waals surface area contributed by atoms with Crippen LogP contribution >= 0.6 is 0 Å². The number of nitrogens with zero attached hydrogens (tertiary/aromatic N) is 3. The van der Waals surface area contributed by atoms with Crippen LogP contribution in [0, 0.1) is 0 Å². The largest absolute Gasteiger partial charge is 0.477 e. The van der Waals surface area contributed by atoms with Gasteiger partial charge in [0.15, 0.2) is 0 Å². The van der Waals surface area contributed by atoms with Gasteiger partial charge in [-0.3, -0.25) is 9.69 Å². The Bertz CT molecular complexity index is 618. The molecule has 9 heteroatoms. The highest BCUT2D eigenvalue weighted by Crippen LogP contribution is 2.27. The number of nitrogens with one attached hydrogen (secondary N) is 1. The molecule has 0 aromatic carbocycles. The van der Waals surface area contributed by atoms with Crippen molar-refractivity contribution in [3.63, 3.8) is 0 Å². The van der Waals surface area contributed by atoms with Gasteiger partial charge in [-0.25, -0.2) is 14.8 Å². The van der Waals surface area contributed by atoms with E-state index >= 15 is 0 Å². The van der Waals surface area contributed by atoms with Gasteiger partial charge < -0.3 is 19.5 Å². The molecule has 136 valence electrons. The Morgan fingerprint density at radius 1 is 1.28 bits per heavy atom. The number of hydrogen-bond donors (Lipinski definition) is 1. The normalized spacial score (nSPS) is 23.1. The molecule has 0 unspecified atom stereocenters. The van der Waals surface area contributed by atoms with E-state index in [0.29, 0.717) is 24.9 Å². The van der Waals surface area contributed by atoms with Gasteiger partial charge in [0.2, 0.25) is 5.91 Å². The van der Waals surface area contributed by atoms with Crippen LogP contribution in [0.1, 0.15) is 25.7 Å². The van der Waals surface area contributed by atoms with Gasteiger partial charge in [0.25, 0.3) is 11.8 Å². The topological polar surface area (TPSA) is 103 Å². The first-order valence-corrected chi connectivity index (χ1v) is 8.38. The van der Waals surface area contributed by atoms with Crippen LogP contribution in [0.4, 0.5) is 4.79 Å². The zero-order chi connectivity index (χ0) is 17.6. The molecule has 1 aliphatic heterocycles. The van der Waals surface area contributed by atoms with E-state index < -0.39 is 6.09 Å². The molecule has 1 aromatic rings. The molecular formula is C16H22N4O5. The molecule has 0 radical (unpaired) electrons. The van der Waals surface area contributed by atoms with Crippen LogP contribution in [0.5, 0.6) is 11.8 Å². The minimum Gasteiger partial charge on any atom is -0.477 e. The summed E-state index contributed by atoms with van der Waals surface area (Å²) in [6.07, 6.45) is 5.93. The first-order chi connectivity index (χ1) is 12.2. The van der Waals surface area contributed by atoms with Gasteiger partial charge in [0.05, 0.1) is 13.7 Å². The van der Waals surface area contributed by atoms with Crippen molar-refractivity contribution in [3.8, 4) is 11.8 Å². The number of methoxy groups -OCH3 is 1. The first kappa shape index (κ1) is 17.2. The SMILES string of the molecule is COc1nccnc1OC1CCC(NC(=O)CN2CCOC2=O)CC1. The highest BCUT2D eigenvalue weighted by molar-refractivity contribution is 5.82. The third kappa shape index (κ3) is 4.49. The van der Waals surface area contributed by atoms with Crippen molar-refractivity contribution in [2.45, 2.75) is 37.8 Å². The molecule has 0 atom stereocenters. The summed E-state index contributed by atoms with van der Waals surface area (Å²) < 4.78 is 15.8. The molecule has 3 rings (SSSR count). The lowest BCUT2D eigenvalue weighted by Crippen LogP contribution is -2.44. The molecule has 1 aromatic heterocycles. The van der Waals surface area contributed by atoms with Crippen LogP contribution in [0.15, 0.2) is 12.4 Å². The average Bonchev–Trinajstić information content (AvgIpc) is 3.02. The third-order valence-electron chi connectivity index (χ3n) is 4.32. The van der Waals surface area contributed by atoms with E-state index in [9.17, 15) is 9.59 Å². The third-order valence-corrected chi connectivity index (χ3v) is 4.32. The molecule has 2 heterocycles. The van der Waals surface area contributed by atoms with Crippen molar-refractivity contribution in [2.75, 3.05) is 26.8 Å². The zero-order valence-electron chi connectivity index (χ0n) is 14.1. The fraction of sp³-hybridized carbons (Fsp3) is 0.625. The van der Waals surface area contributed by atoms with E-state index in [1.165, 1.54) is 12.0 Å². The van der Waals surface area contributed by atoms with Crippen LogP contribution in [0.25, 0.3) is 0 Å². The molecule has 1 saturated carbocycles. The van der Waals surface area contributed by atoms with Crippen molar-refractivity contribution in [1.82, 2.24) is 20.2 Å². The summed E-state index contributed by atoms with van der Waals surface area (Å²) in [5, 5.41) is 2.98. The molecule has 2 amide bonds. The molecule has 25 heavy (non-hydrogen) atoms. The second-order valence-electron chi connectivity index (χ2n) is 6.07. The maximum Gasteiger partial charge on any atom is 0.410 e. The summed E-state index contributed by atoms with van der Waals surface area (Å²) in [6, 6.07) is 0.0923. The lowest BCUT2D eigenvalue weighted by atomic mass is 9.93. The van der Waals surface area contributed by atoms with E-state index in [1.807, 2.05) is 0 Å². The minimum absolute atomic E-state index is 0.0207. The van der Waals surface area contributed by atoms with E-state index in [-0.39, 0.29) is 24.6 Å². The Kier molecular flexibility index (Phi) is 5.52. The number of hydrogen-bond acceptors (Lipinski definition) is 7. The fourth-order valence-corrected chi connectivity index (χ4v) is 3.03. The molecule has 2 fully saturated rings. The van der Waals surface area contributed by atoms with Crippen molar-refractivity contribution in [2.24, 2.45) is 0 Å². The summed E-state index contributed by atoms with van der Waals surface area (Å²) >= 11 is 0. The maximum atomic E-state index is 12.0. The summed E-state index contributed by atoms with van der Waals surface area (Å²) in [5.74, 6) is 0.610. The van der Waals surface area contributed by atoms with Crippen molar-refractivity contribution >= 4 is 12.0 Å². The Hall–Kier alpha value is -2.58. The number of rotatable bonds is 6. The lowest BCUT2D eigenvalue weighted by Gasteiger charge is -2.29. The zero-order valence-corrected chi connectivity index (χ0v) is 14.1. The van der Waals surface area contributed by atoms with Crippen LogP contribution in [-0.4, -0.2) is 65.8 Å². The van der Waals surface area contributed by atoms with E-state index in [2.05, 4.69) is 15.3 Å². The molecule has 2 aliphatic rings. The fourth-order valence-electron chi connectivity index (χ4n) is 3.03. The first-order valence-electron chi connectivity index (χ1n) is 8.38. The number of ether oxygens (including phenoxy) is 3. The Morgan fingerprint density at radius 3 is 2.64 bits per heavy atom. The summed E-state index contributed by atoms with van der Waals surface area (Å²) in [4.78, 5) is 33.0. The predicted octanol–water partition coefficient (Wildman–Crippen LogP) is 0.744.